The van der Waals surface area contributed by atoms with Crippen LogP contribution in [-0.2, 0) is 21.2 Å². The Hall–Kier alpha value is -2.00. The van der Waals surface area contributed by atoms with Gasteiger partial charge < -0.3 is 4.90 Å². The minimum atomic E-state index is -3.08. The average molecular weight is 440 g/mol. The smallest absolute Gasteiger partial charge is 0.267 e. The maximum Gasteiger partial charge on any atom is 0.267 e. The Labute approximate surface area is 159 Å². The summed E-state index contributed by atoms with van der Waals surface area (Å²) in [6, 6.07) is 10.1. The average Bonchev–Trinajstić information content (AvgIpc) is 2.97. The lowest BCUT2D eigenvalue weighted by atomic mass is 10.1. The summed E-state index contributed by atoms with van der Waals surface area (Å²) in [4.78, 5) is 26.0. The molecule has 0 unspecified atom stereocenters. The topological polar surface area (TPSA) is 89.3 Å². The van der Waals surface area contributed by atoms with Gasteiger partial charge in [0, 0.05) is 29.2 Å². The Kier molecular flexibility index (Phi) is 5.29. The molecular formula is C17H18BrN3O4S. The van der Waals surface area contributed by atoms with Crippen LogP contribution in [0.25, 0.3) is 11.3 Å². The molecule has 1 amide bonds. The number of carbonyl (C=O) groups is 1. The second-order valence-corrected chi connectivity index (χ2v) is 9.43. The number of sulfone groups is 1. The SMILES string of the molecule is CN(C(=O)Cn1nc(-c2ccc(Br)cc2)ccc1=O)[C@H]1CCS(=O)(=O)C1. The third kappa shape index (κ3) is 4.21. The lowest BCUT2D eigenvalue weighted by Gasteiger charge is -2.23. The zero-order valence-electron chi connectivity index (χ0n) is 14.1. The van der Waals surface area contributed by atoms with Crippen molar-refractivity contribution in [2.45, 2.75) is 19.0 Å². The van der Waals surface area contributed by atoms with E-state index >= 15 is 0 Å². The van der Waals surface area contributed by atoms with Crippen LogP contribution in [0.5, 0.6) is 0 Å². The van der Waals surface area contributed by atoms with Crippen LogP contribution < -0.4 is 5.56 Å². The first-order chi connectivity index (χ1) is 12.2. The van der Waals surface area contributed by atoms with Crippen molar-refractivity contribution < 1.29 is 13.2 Å². The zero-order chi connectivity index (χ0) is 18.9. The molecule has 0 bridgehead atoms. The summed E-state index contributed by atoms with van der Waals surface area (Å²) >= 11 is 3.36. The first-order valence-electron chi connectivity index (χ1n) is 8.05. The molecule has 2 aromatic rings. The fraction of sp³-hybridized carbons (Fsp3) is 0.353. The summed E-state index contributed by atoms with van der Waals surface area (Å²) in [5.74, 6) is -0.280. The van der Waals surface area contributed by atoms with Crippen LogP contribution in [0.4, 0.5) is 0 Å². The van der Waals surface area contributed by atoms with Gasteiger partial charge in [0.2, 0.25) is 5.91 Å². The molecule has 3 rings (SSSR count). The van der Waals surface area contributed by atoms with Gasteiger partial charge in [-0.1, -0.05) is 28.1 Å². The first-order valence-corrected chi connectivity index (χ1v) is 10.7. The van der Waals surface area contributed by atoms with E-state index in [0.29, 0.717) is 12.1 Å². The highest BCUT2D eigenvalue weighted by atomic mass is 79.9. The zero-order valence-corrected chi connectivity index (χ0v) is 16.5. The van der Waals surface area contributed by atoms with Crippen LogP contribution in [0.1, 0.15) is 6.42 Å². The Bertz CT molecular complexity index is 986. The highest BCUT2D eigenvalue weighted by molar-refractivity contribution is 9.10. The van der Waals surface area contributed by atoms with Crippen LogP contribution in [0.3, 0.4) is 0 Å². The minimum absolute atomic E-state index is 0.0312. The molecule has 0 saturated carbocycles. The highest BCUT2D eigenvalue weighted by Gasteiger charge is 2.32. The molecule has 1 aliphatic rings. The lowest BCUT2D eigenvalue weighted by molar-refractivity contribution is -0.132. The molecule has 0 radical (unpaired) electrons. The monoisotopic (exact) mass is 439 g/mol. The molecule has 0 aliphatic carbocycles. The summed E-state index contributed by atoms with van der Waals surface area (Å²) in [5.41, 5.74) is 1.02. The van der Waals surface area contributed by atoms with Crippen molar-refractivity contribution in [2.24, 2.45) is 0 Å². The van der Waals surface area contributed by atoms with Crippen LogP contribution in [0.15, 0.2) is 45.7 Å². The van der Waals surface area contributed by atoms with E-state index in [4.69, 9.17) is 0 Å². The van der Waals surface area contributed by atoms with Crippen molar-refractivity contribution in [2.75, 3.05) is 18.6 Å². The molecule has 138 valence electrons. The van der Waals surface area contributed by atoms with E-state index in [1.54, 1.807) is 13.1 Å². The molecule has 1 fully saturated rings. The van der Waals surface area contributed by atoms with Gasteiger partial charge in [0.1, 0.15) is 6.54 Å². The van der Waals surface area contributed by atoms with Crippen molar-refractivity contribution in [3.8, 4) is 11.3 Å². The molecule has 7 nitrogen and oxygen atoms in total. The molecule has 2 heterocycles. The number of halogens is 1. The maximum absolute atomic E-state index is 12.5. The number of nitrogens with zero attached hydrogens (tertiary/aromatic N) is 3. The normalized spacial score (nSPS) is 18.6. The first kappa shape index (κ1) is 18.8. The summed E-state index contributed by atoms with van der Waals surface area (Å²) in [6.45, 7) is -0.226. The van der Waals surface area contributed by atoms with Crippen molar-refractivity contribution in [3.05, 3.63) is 51.2 Å². The molecule has 1 aliphatic heterocycles. The van der Waals surface area contributed by atoms with Crippen molar-refractivity contribution in [3.63, 3.8) is 0 Å². The number of hydrogen-bond acceptors (Lipinski definition) is 5. The van der Waals surface area contributed by atoms with Gasteiger partial charge in [-0.3, -0.25) is 9.59 Å². The van der Waals surface area contributed by atoms with Crippen LogP contribution in [0.2, 0.25) is 0 Å². The summed E-state index contributed by atoms with van der Waals surface area (Å²) in [7, 11) is -1.52. The summed E-state index contributed by atoms with van der Waals surface area (Å²) in [6.07, 6.45) is 0.422. The predicted molar refractivity (Wildman–Crippen MR) is 101 cm³/mol. The Balaban J connectivity index is 1.79. The fourth-order valence-electron chi connectivity index (χ4n) is 2.86. The third-order valence-electron chi connectivity index (χ3n) is 4.44. The van der Waals surface area contributed by atoms with Gasteiger partial charge in [0.25, 0.3) is 5.56 Å². The molecule has 9 heteroatoms. The van der Waals surface area contributed by atoms with Crippen LogP contribution in [0, 0.1) is 0 Å². The highest BCUT2D eigenvalue weighted by Crippen LogP contribution is 2.19. The lowest BCUT2D eigenvalue weighted by Crippen LogP contribution is -2.41. The Morgan fingerprint density at radius 1 is 1.27 bits per heavy atom. The third-order valence-corrected chi connectivity index (χ3v) is 6.72. The number of carbonyl (C=O) groups excluding carboxylic acids is 1. The van der Waals surface area contributed by atoms with Gasteiger partial charge in [-0.2, -0.15) is 5.10 Å². The van der Waals surface area contributed by atoms with Gasteiger partial charge in [-0.25, -0.2) is 13.1 Å². The number of benzene rings is 1. The molecular weight excluding hydrogens is 422 g/mol. The second-order valence-electron chi connectivity index (χ2n) is 6.28. The summed E-state index contributed by atoms with van der Waals surface area (Å²) < 4.78 is 25.2. The number of hydrogen-bond donors (Lipinski definition) is 0. The molecule has 1 aromatic carbocycles. The van der Waals surface area contributed by atoms with Crippen molar-refractivity contribution >= 4 is 31.7 Å². The Morgan fingerprint density at radius 2 is 1.96 bits per heavy atom. The molecule has 1 aromatic heterocycles. The predicted octanol–water partition coefficient (Wildman–Crippen LogP) is 1.32. The van der Waals surface area contributed by atoms with Gasteiger partial charge in [-0.15, -0.1) is 0 Å². The van der Waals surface area contributed by atoms with Gasteiger partial charge in [-0.05, 0) is 24.6 Å². The van der Waals surface area contributed by atoms with E-state index in [0.717, 1.165) is 14.7 Å². The number of rotatable bonds is 4. The number of aromatic nitrogens is 2. The van der Waals surface area contributed by atoms with E-state index in [1.165, 1.54) is 11.0 Å². The van der Waals surface area contributed by atoms with Crippen LogP contribution in [-0.4, -0.2) is 53.6 Å². The summed E-state index contributed by atoms with van der Waals surface area (Å²) in [5, 5.41) is 4.27. The molecule has 0 N–H and O–H groups in total. The largest absolute Gasteiger partial charge is 0.340 e. The van der Waals surface area contributed by atoms with E-state index in [1.807, 2.05) is 24.3 Å². The van der Waals surface area contributed by atoms with Crippen molar-refractivity contribution in [1.29, 1.82) is 0 Å². The van der Waals surface area contributed by atoms with Crippen LogP contribution >= 0.6 is 15.9 Å². The Morgan fingerprint density at radius 3 is 2.58 bits per heavy atom. The van der Waals surface area contributed by atoms with Gasteiger partial charge in [0.15, 0.2) is 9.84 Å². The van der Waals surface area contributed by atoms with Gasteiger partial charge in [0.05, 0.1) is 17.2 Å². The number of likely N-dealkylation sites (N-methyl/N-ethyl adjacent to an activating group) is 1. The molecule has 1 saturated heterocycles. The van der Waals surface area contributed by atoms with E-state index < -0.39 is 9.84 Å². The van der Waals surface area contributed by atoms with Crippen molar-refractivity contribution in [1.82, 2.24) is 14.7 Å². The second kappa shape index (κ2) is 7.32. The van der Waals surface area contributed by atoms with E-state index in [2.05, 4.69) is 21.0 Å². The molecule has 26 heavy (non-hydrogen) atoms. The maximum atomic E-state index is 12.5. The quantitative estimate of drug-likeness (QED) is 0.716. The molecule has 1 atom stereocenters. The van der Waals surface area contributed by atoms with E-state index in [-0.39, 0.29) is 35.6 Å². The molecule has 0 spiro atoms. The standard InChI is InChI=1S/C17H18BrN3O4S/c1-20(14-8-9-26(24,25)11-14)17(23)10-21-16(22)7-6-15(19-21)12-2-4-13(18)5-3-12/h2-7,14H,8-11H2,1H3/t14-/m0/s1. The number of amides is 1. The van der Waals surface area contributed by atoms with E-state index in [9.17, 15) is 18.0 Å². The van der Waals surface area contributed by atoms with Gasteiger partial charge >= 0.3 is 0 Å². The minimum Gasteiger partial charge on any atom is -0.340 e. The fourth-order valence-corrected chi connectivity index (χ4v) is 4.90.